The molecule has 0 unspecified atom stereocenters. The van der Waals surface area contributed by atoms with Crippen molar-refractivity contribution in [1.82, 2.24) is 14.8 Å². The van der Waals surface area contributed by atoms with Crippen LogP contribution in [-0.2, 0) is 13.0 Å². The Labute approximate surface area is 116 Å². The van der Waals surface area contributed by atoms with Gasteiger partial charge in [0.2, 0.25) is 0 Å². The summed E-state index contributed by atoms with van der Waals surface area (Å²) >= 11 is 0. The first-order valence-electron chi connectivity index (χ1n) is 7.61. The molecule has 2 rings (SSSR count). The summed E-state index contributed by atoms with van der Waals surface area (Å²) < 4.78 is 1.95. The summed E-state index contributed by atoms with van der Waals surface area (Å²) in [5.74, 6) is 2.28. The lowest BCUT2D eigenvalue weighted by molar-refractivity contribution is -0.0117. The Balaban J connectivity index is 1.99. The third-order valence-electron chi connectivity index (χ3n) is 4.33. The van der Waals surface area contributed by atoms with Crippen LogP contribution in [0.25, 0.3) is 0 Å². The normalized spacial score (nSPS) is 27.9. The lowest BCUT2D eigenvalue weighted by Gasteiger charge is -2.35. The predicted molar refractivity (Wildman–Crippen MR) is 75.8 cm³/mol. The summed E-state index contributed by atoms with van der Waals surface area (Å²) in [6, 6.07) is 0. The van der Waals surface area contributed by atoms with Crippen LogP contribution in [0.15, 0.2) is 6.33 Å². The molecule has 0 saturated heterocycles. The first-order valence-corrected chi connectivity index (χ1v) is 7.61. The molecule has 0 spiro atoms. The molecule has 108 valence electrons. The van der Waals surface area contributed by atoms with Gasteiger partial charge < -0.3 is 5.11 Å². The highest BCUT2D eigenvalue weighted by molar-refractivity contribution is 4.97. The number of aliphatic hydroxyl groups is 1. The van der Waals surface area contributed by atoms with E-state index in [0.717, 1.165) is 44.0 Å². The predicted octanol–water partition coefficient (Wildman–Crippen LogP) is 2.81. The molecule has 0 atom stereocenters. The number of rotatable bonds is 5. The Hall–Kier alpha value is -0.900. The van der Waals surface area contributed by atoms with Gasteiger partial charge in [0, 0.05) is 13.0 Å². The summed E-state index contributed by atoms with van der Waals surface area (Å²) in [7, 11) is 0. The van der Waals surface area contributed by atoms with Crippen molar-refractivity contribution in [3.05, 3.63) is 12.2 Å². The Morgan fingerprint density at radius 3 is 2.68 bits per heavy atom. The molecule has 1 heterocycles. The number of hydrogen-bond acceptors (Lipinski definition) is 3. The van der Waals surface area contributed by atoms with E-state index in [-0.39, 0.29) is 0 Å². The van der Waals surface area contributed by atoms with Crippen molar-refractivity contribution in [2.24, 2.45) is 11.8 Å². The molecule has 1 aliphatic rings. The maximum Gasteiger partial charge on any atom is 0.138 e. The van der Waals surface area contributed by atoms with Crippen molar-refractivity contribution in [2.75, 3.05) is 0 Å². The van der Waals surface area contributed by atoms with Crippen LogP contribution in [-0.4, -0.2) is 25.5 Å². The topological polar surface area (TPSA) is 50.9 Å². The van der Waals surface area contributed by atoms with Gasteiger partial charge >= 0.3 is 0 Å². The largest absolute Gasteiger partial charge is 0.389 e. The minimum absolute atomic E-state index is 0.547. The van der Waals surface area contributed by atoms with E-state index >= 15 is 0 Å². The standard InChI is InChI=1S/C15H27N3O/c1-4-13-5-7-15(19,8-6-13)9-14-16-11-17-18(14)10-12(2)3/h11-13,19H,4-10H2,1-3H3. The van der Waals surface area contributed by atoms with Crippen LogP contribution in [0.5, 0.6) is 0 Å². The van der Waals surface area contributed by atoms with E-state index in [2.05, 4.69) is 30.9 Å². The van der Waals surface area contributed by atoms with E-state index in [9.17, 15) is 5.11 Å². The highest BCUT2D eigenvalue weighted by atomic mass is 16.3. The Kier molecular flexibility index (Phi) is 4.61. The van der Waals surface area contributed by atoms with E-state index in [4.69, 9.17) is 0 Å². The Bertz CT molecular complexity index is 392. The number of hydrogen-bond donors (Lipinski definition) is 1. The van der Waals surface area contributed by atoms with Gasteiger partial charge in [0.1, 0.15) is 12.2 Å². The third-order valence-corrected chi connectivity index (χ3v) is 4.33. The van der Waals surface area contributed by atoms with Crippen LogP contribution in [0.2, 0.25) is 0 Å². The first kappa shape index (κ1) is 14.5. The van der Waals surface area contributed by atoms with E-state index in [1.807, 2.05) is 4.68 Å². The molecule has 0 aromatic carbocycles. The zero-order valence-electron chi connectivity index (χ0n) is 12.5. The molecule has 0 bridgehead atoms. The van der Waals surface area contributed by atoms with Crippen molar-refractivity contribution in [3.8, 4) is 0 Å². The van der Waals surface area contributed by atoms with E-state index in [1.54, 1.807) is 6.33 Å². The second kappa shape index (κ2) is 6.04. The van der Waals surface area contributed by atoms with Gasteiger partial charge in [-0.05, 0) is 37.5 Å². The van der Waals surface area contributed by atoms with Gasteiger partial charge in [-0.2, -0.15) is 5.10 Å². The van der Waals surface area contributed by atoms with Crippen LogP contribution in [0.3, 0.4) is 0 Å². The van der Waals surface area contributed by atoms with Gasteiger partial charge in [0.05, 0.1) is 5.60 Å². The number of nitrogens with zero attached hydrogens (tertiary/aromatic N) is 3. The van der Waals surface area contributed by atoms with Crippen LogP contribution in [0.4, 0.5) is 0 Å². The third kappa shape index (κ3) is 3.78. The van der Waals surface area contributed by atoms with Gasteiger partial charge in [-0.1, -0.05) is 27.2 Å². The maximum atomic E-state index is 10.7. The highest BCUT2D eigenvalue weighted by Gasteiger charge is 2.34. The molecule has 0 radical (unpaired) electrons. The van der Waals surface area contributed by atoms with Crippen molar-refractivity contribution in [2.45, 2.75) is 71.4 Å². The fourth-order valence-electron chi connectivity index (χ4n) is 3.02. The summed E-state index contributed by atoms with van der Waals surface area (Å²) in [6.07, 6.45) is 7.59. The van der Waals surface area contributed by atoms with E-state index in [0.29, 0.717) is 12.3 Å². The average Bonchev–Trinajstić information content (AvgIpc) is 2.76. The molecule has 4 heteroatoms. The van der Waals surface area contributed by atoms with Gasteiger partial charge in [0.25, 0.3) is 0 Å². The van der Waals surface area contributed by atoms with Gasteiger partial charge in [0.15, 0.2) is 0 Å². The molecule has 1 fully saturated rings. The lowest BCUT2D eigenvalue weighted by Crippen LogP contribution is -2.37. The molecular formula is C15H27N3O. The molecule has 0 aliphatic heterocycles. The van der Waals surface area contributed by atoms with E-state index < -0.39 is 5.60 Å². The molecule has 1 aromatic heterocycles. The summed E-state index contributed by atoms with van der Waals surface area (Å²) in [6.45, 7) is 7.47. The fourth-order valence-corrected chi connectivity index (χ4v) is 3.02. The quantitative estimate of drug-likeness (QED) is 0.890. The molecule has 0 amide bonds. The minimum Gasteiger partial charge on any atom is -0.389 e. The smallest absolute Gasteiger partial charge is 0.138 e. The number of aromatic nitrogens is 3. The Morgan fingerprint density at radius 2 is 2.11 bits per heavy atom. The SMILES string of the molecule is CCC1CCC(O)(Cc2ncnn2CC(C)C)CC1. The van der Waals surface area contributed by atoms with Crippen LogP contribution >= 0.6 is 0 Å². The van der Waals surface area contributed by atoms with Crippen molar-refractivity contribution in [1.29, 1.82) is 0 Å². The second-order valence-electron chi connectivity index (χ2n) is 6.50. The summed E-state index contributed by atoms with van der Waals surface area (Å²) in [5.41, 5.74) is -0.562. The molecule has 1 aliphatic carbocycles. The zero-order valence-corrected chi connectivity index (χ0v) is 12.5. The first-order chi connectivity index (χ1) is 9.02. The van der Waals surface area contributed by atoms with Crippen molar-refractivity contribution >= 4 is 0 Å². The van der Waals surface area contributed by atoms with Crippen molar-refractivity contribution < 1.29 is 5.11 Å². The van der Waals surface area contributed by atoms with Gasteiger partial charge in [-0.3, -0.25) is 0 Å². The van der Waals surface area contributed by atoms with Gasteiger partial charge in [-0.15, -0.1) is 0 Å². The average molecular weight is 265 g/mol. The van der Waals surface area contributed by atoms with Crippen LogP contribution in [0, 0.1) is 11.8 Å². The fraction of sp³-hybridized carbons (Fsp3) is 0.867. The highest BCUT2D eigenvalue weighted by Crippen LogP contribution is 2.35. The Morgan fingerprint density at radius 1 is 1.42 bits per heavy atom. The molecule has 1 aromatic rings. The lowest BCUT2D eigenvalue weighted by atomic mass is 9.76. The second-order valence-corrected chi connectivity index (χ2v) is 6.50. The van der Waals surface area contributed by atoms with Crippen molar-refractivity contribution in [3.63, 3.8) is 0 Å². The van der Waals surface area contributed by atoms with Crippen LogP contribution in [0.1, 0.15) is 58.7 Å². The minimum atomic E-state index is -0.562. The maximum absolute atomic E-state index is 10.7. The summed E-state index contributed by atoms with van der Waals surface area (Å²) in [5, 5.41) is 15.0. The molecule has 1 saturated carbocycles. The zero-order chi connectivity index (χ0) is 13.9. The summed E-state index contributed by atoms with van der Waals surface area (Å²) in [4.78, 5) is 4.34. The monoisotopic (exact) mass is 265 g/mol. The molecule has 1 N–H and O–H groups in total. The van der Waals surface area contributed by atoms with E-state index in [1.165, 1.54) is 6.42 Å². The molecular weight excluding hydrogens is 238 g/mol. The van der Waals surface area contributed by atoms with Gasteiger partial charge in [-0.25, -0.2) is 9.67 Å². The molecule has 4 nitrogen and oxygen atoms in total. The molecule has 19 heavy (non-hydrogen) atoms. The van der Waals surface area contributed by atoms with Crippen LogP contribution < -0.4 is 0 Å².